The summed E-state index contributed by atoms with van der Waals surface area (Å²) in [6.45, 7) is 1.63. The minimum absolute atomic E-state index is 0.339. The zero-order chi connectivity index (χ0) is 15.7. The maximum absolute atomic E-state index is 12.6. The molecule has 0 aromatic heterocycles. The molecule has 0 aliphatic carbocycles. The van der Waals surface area contributed by atoms with Crippen LogP contribution < -0.4 is 5.32 Å². The Morgan fingerprint density at radius 3 is 2.77 bits per heavy atom. The molecular weight excluding hydrogens is 346 g/mol. The number of esters is 1. The van der Waals surface area contributed by atoms with Crippen molar-refractivity contribution in [2.75, 3.05) is 5.32 Å². The first-order valence-electron chi connectivity index (χ1n) is 6.86. The van der Waals surface area contributed by atoms with Gasteiger partial charge in [-0.25, -0.2) is 4.79 Å². The first-order valence-corrected chi connectivity index (χ1v) is 7.65. The van der Waals surface area contributed by atoms with Gasteiger partial charge in [-0.3, -0.25) is 4.79 Å². The summed E-state index contributed by atoms with van der Waals surface area (Å²) < 4.78 is 6.26. The number of nitrogens with one attached hydrogen (secondary N) is 1. The SMILES string of the molecule is CC1(C(=O)Nc2cccc(Br)c2)Cc2ccccc2C(=O)O1. The molecule has 1 N–H and O–H groups in total. The Kier molecular flexibility index (Phi) is 3.74. The van der Waals surface area contributed by atoms with Crippen LogP contribution in [0.5, 0.6) is 0 Å². The zero-order valence-corrected chi connectivity index (χ0v) is 13.5. The molecule has 0 saturated heterocycles. The fourth-order valence-corrected chi connectivity index (χ4v) is 2.89. The van der Waals surface area contributed by atoms with E-state index in [4.69, 9.17) is 4.74 Å². The standard InChI is InChI=1S/C17H14BrNO3/c1-17(16(21)19-13-7-4-6-12(18)9-13)10-11-5-2-3-8-14(11)15(20)22-17/h2-9H,10H2,1H3,(H,19,21). The molecule has 0 spiro atoms. The molecule has 0 bridgehead atoms. The van der Waals surface area contributed by atoms with E-state index in [1.807, 2.05) is 24.3 Å². The molecule has 5 heteroatoms. The molecule has 1 aliphatic rings. The molecule has 2 aromatic carbocycles. The van der Waals surface area contributed by atoms with Gasteiger partial charge in [-0.05, 0) is 36.8 Å². The van der Waals surface area contributed by atoms with Gasteiger partial charge in [0, 0.05) is 16.6 Å². The molecule has 4 nitrogen and oxygen atoms in total. The van der Waals surface area contributed by atoms with Gasteiger partial charge in [0.05, 0.1) is 5.56 Å². The number of carbonyl (C=O) groups excluding carboxylic acids is 2. The van der Waals surface area contributed by atoms with Crippen LogP contribution in [-0.2, 0) is 16.0 Å². The van der Waals surface area contributed by atoms with Gasteiger partial charge < -0.3 is 10.1 Å². The van der Waals surface area contributed by atoms with Crippen LogP contribution in [0.15, 0.2) is 53.0 Å². The van der Waals surface area contributed by atoms with E-state index in [9.17, 15) is 9.59 Å². The zero-order valence-electron chi connectivity index (χ0n) is 11.9. The Balaban J connectivity index is 1.85. The first-order chi connectivity index (χ1) is 10.5. The lowest BCUT2D eigenvalue weighted by molar-refractivity contribution is -0.134. The van der Waals surface area contributed by atoms with Crippen LogP contribution in [0.4, 0.5) is 5.69 Å². The Morgan fingerprint density at radius 1 is 1.23 bits per heavy atom. The number of rotatable bonds is 2. The molecular formula is C17H14BrNO3. The Hall–Kier alpha value is -2.14. The van der Waals surface area contributed by atoms with Crippen LogP contribution in [0.25, 0.3) is 0 Å². The molecule has 112 valence electrons. The van der Waals surface area contributed by atoms with E-state index in [1.165, 1.54) is 0 Å². The largest absolute Gasteiger partial charge is 0.445 e. The number of hydrogen-bond acceptors (Lipinski definition) is 3. The van der Waals surface area contributed by atoms with Gasteiger partial charge in [-0.15, -0.1) is 0 Å². The van der Waals surface area contributed by atoms with Gasteiger partial charge in [0.2, 0.25) is 0 Å². The number of ether oxygens (including phenoxy) is 1. The third-order valence-corrected chi connectivity index (χ3v) is 4.14. The van der Waals surface area contributed by atoms with E-state index < -0.39 is 11.6 Å². The third kappa shape index (κ3) is 2.76. The van der Waals surface area contributed by atoms with Crippen molar-refractivity contribution >= 4 is 33.5 Å². The third-order valence-electron chi connectivity index (χ3n) is 3.65. The number of fused-ring (bicyclic) bond motifs is 1. The lowest BCUT2D eigenvalue weighted by Gasteiger charge is -2.33. The van der Waals surface area contributed by atoms with E-state index in [1.54, 1.807) is 31.2 Å². The maximum Gasteiger partial charge on any atom is 0.339 e. The monoisotopic (exact) mass is 359 g/mol. The second kappa shape index (κ2) is 5.57. The molecule has 3 rings (SSSR count). The number of amides is 1. The molecule has 1 amide bonds. The van der Waals surface area contributed by atoms with E-state index in [0.717, 1.165) is 10.0 Å². The number of halogens is 1. The highest BCUT2D eigenvalue weighted by molar-refractivity contribution is 9.10. The minimum atomic E-state index is -1.21. The van der Waals surface area contributed by atoms with Crippen LogP contribution in [-0.4, -0.2) is 17.5 Å². The Labute approximate surface area is 136 Å². The smallest absolute Gasteiger partial charge is 0.339 e. The summed E-state index contributed by atoms with van der Waals surface area (Å²) in [5.41, 5.74) is 0.782. The van der Waals surface area contributed by atoms with E-state index in [0.29, 0.717) is 17.7 Å². The lowest BCUT2D eigenvalue weighted by Crippen LogP contribution is -2.48. The minimum Gasteiger partial charge on any atom is -0.445 e. The van der Waals surface area contributed by atoms with Crippen molar-refractivity contribution in [3.8, 4) is 0 Å². The van der Waals surface area contributed by atoms with Crippen LogP contribution in [0.1, 0.15) is 22.8 Å². The van der Waals surface area contributed by atoms with Gasteiger partial charge in [-0.2, -0.15) is 0 Å². The fraction of sp³-hybridized carbons (Fsp3) is 0.176. The van der Waals surface area contributed by atoms with Gasteiger partial charge in [0.1, 0.15) is 0 Å². The molecule has 1 heterocycles. The van der Waals surface area contributed by atoms with Gasteiger partial charge in [-0.1, -0.05) is 40.2 Å². The molecule has 1 atom stereocenters. The summed E-state index contributed by atoms with van der Waals surface area (Å²) in [6, 6.07) is 14.5. The van der Waals surface area contributed by atoms with E-state index >= 15 is 0 Å². The van der Waals surface area contributed by atoms with Crippen molar-refractivity contribution in [2.45, 2.75) is 18.9 Å². The van der Waals surface area contributed by atoms with Crippen LogP contribution in [0, 0.1) is 0 Å². The molecule has 0 radical (unpaired) electrons. The van der Waals surface area contributed by atoms with Crippen LogP contribution in [0.3, 0.4) is 0 Å². The number of benzene rings is 2. The molecule has 1 aliphatic heterocycles. The van der Waals surface area contributed by atoms with Crippen molar-refractivity contribution < 1.29 is 14.3 Å². The van der Waals surface area contributed by atoms with E-state index in [-0.39, 0.29) is 5.91 Å². The fourth-order valence-electron chi connectivity index (χ4n) is 2.49. The van der Waals surface area contributed by atoms with Gasteiger partial charge >= 0.3 is 5.97 Å². The van der Waals surface area contributed by atoms with E-state index in [2.05, 4.69) is 21.2 Å². The van der Waals surface area contributed by atoms with Crippen molar-refractivity contribution in [2.24, 2.45) is 0 Å². The number of cyclic esters (lactones) is 1. The van der Waals surface area contributed by atoms with Crippen LogP contribution in [0.2, 0.25) is 0 Å². The number of anilines is 1. The van der Waals surface area contributed by atoms with Crippen molar-refractivity contribution in [1.82, 2.24) is 0 Å². The summed E-state index contributed by atoms with van der Waals surface area (Å²) in [4.78, 5) is 24.7. The normalized spacial score (nSPS) is 20.0. The summed E-state index contributed by atoms with van der Waals surface area (Å²) in [5.74, 6) is -0.804. The highest BCUT2D eigenvalue weighted by atomic mass is 79.9. The molecule has 22 heavy (non-hydrogen) atoms. The Morgan fingerprint density at radius 2 is 2.00 bits per heavy atom. The van der Waals surface area contributed by atoms with Crippen LogP contribution >= 0.6 is 15.9 Å². The first kappa shape index (κ1) is 14.8. The summed E-state index contributed by atoms with van der Waals surface area (Å²) in [5, 5.41) is 2.80. The number of hydrogen-bond donors (Lipinski definition) is 1. The average Bonchev–Trinajstić information content (AvgIpc) is 2.47. The van der Waals surface area contributed by atoms with Crippen molar-refractivity contribution in [1.29, 1.82) is 0 Å². The highest BCUT2D eigenvalue weighted by Gasteiger charge is 2.42. The number of carbonyl (C=O) groups is 2. The van der Waals surface area contributed by atoms with Crippen molar-refractivity contribution in [3.05, 3.63) is 64.1 Å². The quantitative estimate of drug-likeness (QED) is 0.834. The predicted octanol–water partition coefficient (Wildman–Crippen LogP) is 3.56. The maximum atomic E-state index is 12.6. The average molecular weight is 360 g/mol. The summed E-state index contributed by atoms with van der Waals surface area (Å²) in [7, 11) is 0. The highest BCUT2D eigenvalue weighted by Crippen LogP contribution is 2.29. The van der Waals surface area contributed by atoms with Gasteiger partial charge in [0.25, 0.3) is 5.91 Å². The topological polar surface area (TPSA) is 55.4 Å². The molecule has 1 unspecified atom stereocenters. The Bertz CT molecular complexity index is 759. The van der Waals surface area contributed by atoms with Crippen molar-refractivity contribution in [3.63, 3.8) is 0 Å². The predicted molar refractivity (Wildman–Crippen MR) is 86.7 cm³/mol. The lowest BCUT2D eigenvalue weighted by atomic mass is 9.89. The van der Waals surface area contributed by atoms with Gasteiger partial charge in [0.15, 0.2) is 5.60 Å². The second-order valence-electron chi connectivity index (χ2n) is 5.42. The molecule has 0 saturated carbocycles. The molecule has 2 aromatic rings. The summed E-state index contributed by atoms with van der Waals surface area (Å²) >= 11 is 3.36. The second-order valence-corrected chi connectivity index (χ2v) is 6.33. The molecule has 0 fully saturated rings. The summed E-state index contributed by atoms with van der Waals surface area (Å²) in [6.07, 6.45) is 0.356.